The minimum Gasteiger partial charge on any atom is -0.497 e. The SMILES string of the molecule is COc1cccc(Cn2c(SCC(=O)Nc3cccc(NC(C)=O)c3)nc3ccsc3c2=O)c1. The van der Waals surface area contributed by atoms with E-state index in [0.29, 0.717) is 39.0 Å². The predicted octanol–water partition coefficient (Wildman–Crippen LogP) is 4.20. The van der Waals surface area contributed by atoms with E-state index in [-0.39, 0.29) is 23.1 Å². The molecule has 0 fully saturated rings. The van der Waals surface area contributed by atoms with Crippen LogP contribution in [0.25, 0.3) is 10.2 Å². The van der Waals surface area contributed by atoms with Gasteiger partial charge in [0.25, 0.3) is 5.56 Å². The summed E-state index contributed by atoms with van der Waals surface area (Å²) in [6.07, 6.45) is 0. The molecule has 0 aliphatic rings. The van der Waals surface area contributed by atoms with E-state index in [1.165, 1.54) is 30.0 Å². The Labute approximate surface area is 204 Å². The van der Waals surface area contributed by atoms with Crippen LogP contribution >= 0.6 is 23.1 Å². The fourth-order valence-electron chi connectivity index (χ4n) is 3.33. The smallest absolute Gasteiger partial charge is 0.272 e. The van der Waals surface area contributed by atoms with Crippen LogP contribution in [0.3, 0.4) is 0 Å². The predicted molar refractivity (Wildman–Crippen MR) is 136 cm³/mol. The van der Waals surface area contributed by atoms with Gasteiger partial charge < -0.3 is 15.4 Å². The third kappa shape index (κ3) is 5.64. The van der Waals surface area contributed by atoms with Crippen molar-refractivity contribution in [2.24, 2.45) is 0 Å². The molecule has 0 aliphatic carbocycles. The maximum atomic E-state index is 13.2. The average Bonchev–Trinajstić information content (AvgIpc) is 3.28. The molecule has 34 heavy (non-hydrogen) atoms. The summed E-state index contributed by atoms with van der Waals surface area (Å²) in [6, 6.07) is 16.2. The molecule has 2 aromatic heterocycles. The van der Waals surface area contributed by atoms with Gasteiger partial charge in [0.2, 0.25) is 11.8 Å². The van der Waals surface area contributed by atoms with Crippen molar-refractivity contribution in [2.45, 2.75) is 18.6 Å². The van der Waals surface area contributed by atoms with Gasteiger partial charge >= 0.3 is 0 Å². The fourth-order valence-corrected chi connectivity index (χ4v) is 4.91. The summed E-state index contributed by atoms with van der Waals surface area (Å²) in [7, 11) is 1.59. The number of carbonyl (C=O) groups is 2. The van der Waals surface area contributed by atoms with Crippen molar-refractivity contribution >= 4 is 56.5 Å². The molecule has 2 aromatic carbocycles. The minimum atomic E-state index is -0.252. The number of anilines is 2. The molecule has 0 bridgehead atoms. The van der Waals surface area contributed by atoms with Gasteiger partial charge in [0, 0.05) is 18.3 Å². The van der Waals surface area contributed by atoms with Crippen LogP contribution in [0.4, 0.5) is 11.4 Å². The van der Waals surface area contributed by atoms with Gasteiger partial charge in [0.1, 0.15) is 10.4 Å². The van der Waals surface area contributed by atoms with Crippen LogP contribution in [0.1, 0.15) is 12.5 Å². The highest BCUT2D eigenvalue weighted by Crippen LogP contribution is 2.23. The molecule has 2 N–H and O–H groups in total. The summed E-state index contributed by atoms with van der Waals surface area (Å²) in [4.78, 5) is 41.7. The highest BCUT2D eigenvalue weighted by Gasteiger charge is 2.15. The molecule has 4 rings (SSSR count). The highest BCUT2D eigenvalue weighted by molar-refractivity contribution is 7.99. The summed E-state index contributed by atoms with van der Waals surface area (Å²) in [6.45, 7) is 1.73. The lowest BCUT2D eigenvalue weighted by Gasteiger charge is -2.13. The van der Waals surface area contributed by atoms with Crippen molar-refractivity contribution in [1.29, 1.82) is 0 Å². The number of aromatic nitrogens is 2. The molecule has 2 amide bonds. The number of ether oxygens (including phenoxy) is 1. The van der Waals surface area contributed by atoms with Crippen LogP contribution in [0, 0.1) is 0 Å². The number of rotatable bonds is 8. The zero-order valence-corrected chi connectivity index (χ0v) is 20.2. The molecular formula is C24H22N4O4S2. The van der Waals surface area contributed by atoms with Crippen LogP contribution in [-0.4, -0.2) is 34.2 Å². The van der Waals surface area contributed by atoms with E-state index in [2.05, 4.69) is 15.6 Å². The first kappa shape index (κ1) is 23.5. The second kappa shape index (κ2) is 10.5. The molecule has 2 heterocycles. The zero-order chi connectivity index (χ0) is 24.1. The number of nitrogens with one attached hydrogen (secondary N) is 2. The number of methoxy groups -OCH3 is 1. The molecule has 0 saturated heterocycles. The van der Waals surface area contributed by atoms with Crippen LogP contribution in [0.15, 0.2) is 69.9 Å². The van der Waals surface area contributed by atoms with Crippen LogP contribution in [-0.2, 0) is 16.1 Å². The number of hydrogen-bond acceptors (Lipinski definition) is 7. The molecule has 10 heteroatoms. The van der Waals surface area contributed by atoms with E-state index in [4.69, 9.17) is 4.74 Å². The molecule has 174 valence electrons. The third-order valence-electron chi connectivity index (χ3n) is 4.80. The molecule has 0 spiro atoms. The average molecular weight is 495 g/mol. The van der Waals surface area contributed by atoms with Gasteiger partial charge in [-0.05, 0) is 47.3 Å². The van der Waals surface area contributed by atoms with Crippen molar-refractivity contribution in [3.8, 4) is 5.75 Å². The monoisotopic (exact) mass is 494 g/mol. The summed E-state index contributed by atoms with van der Waals surface area (Å²) in [5.74, 6) is 0.316. The summed E-state index contributed by atoms with van der Waals surface area (Å²) in [5, 5.41) is 7.79. The molecule has 0 radical (unpaired) electrons. The Morgan fingerprint density at radius 1 is 1.09 bits per heavy atom. The van der Waals surface area contributed by atoms with E-state index >= 15 is 0 Å². The van der Waals surface area contributed by atoms with Crippen LogP contribution < -0.4 is 20.9 Å². The number of thioether (sulfide) groups is 1. The first-order chi connectivity index (χ1) is 16.4. The Morgan fingerprint density at radius 2 is 1.85 bits per heavy atom. The lowest BCUT2D eigenvalue weighted by molar-refractivity contribution is -0.114. The largest absolute Gasteiger partial charge is 0.497 e. The molecule has 0 atom stereocenters. The number of benzene rings is 2. The third-order valence-corrected chi connectivity index (χ3v) is 6.67. The Hall–Kier alpha value is -3.63. The number of nitrogens with zero attached hydrogens (tertiary/aromatic N) is 2. The van der Waals surface area contributed by atoms with Gasteiger partial charge in [-0.3, -0.25) is 19.0 Å². The summed E-state index contributed by atoms with van der Waals surface area (Å²) in [5.41, 5.74) is 2.51. The minimum absolute atomic E-state index is 0.0601. The molecule has 8 nitrogen and oxygen atoms in total. The van der Waals surface area contributed by atoms with Crippen molar-refractivity contribution < 1.29 is 14.3 Å². The first-order valence-corrected chi connectivity index (χ1v) is 12.2. The van der Waals surface area contributed by atoms with Crippen LogP contribution in [0.2, 0.25) is 0 Å². The molecular weight excluding hydrogens is 472 g/mol. The van der Waals surface area contributed by atoms with Crippen molar-refractivity contribution in [1.82, 2.24) is 9.55 Å². The molecule has 0 saturated carbocycles. The maximum absolute atomic E-state index is 13.2. The zero-order valence-electron chi connectivity index (χ0n) is 18.5. The van der Waals surface area contributed by atoms with Gasteiger partial charge in [-0.25, -0.2) is 4.98 Å². The quantitative estimate of drug-likeness (QED) is 0.281. The van der Waals surface area contributed by atoms with Gasteiger partial charge in [0.05, 0.1) is 24.9 Å². The van der Waals surface area contributed by atoms with Crippen molar-refractivity contribution in [3.05, 3.63) is 75.9 Å². The Bertz CT molecular complexity index is 1410. The van der Waals surface area contributed by atoms with E-state index in [9.17, 15) is 14.4 Å². The number of thiophene rings is 1. The van der Waals surface area contributed by atoms with Crippen molar-refractivity contribution in [3.63, 3.8) is 0 Å². The highest BCUT2D eigenvalue weighted by atomic mass is 32.2. The number of carbonyl (C=O) groups excluding carboxylic acids is 2. The molecule has 0 unspecified atom stereocenters. The second-order valence-corrected chi connectivity index (χ2v) is 9.23. The Kier molecular flexibility index (Phi) is 7.29. The maximum Gasteiger partial charge on any atom is 0.272 e. The molecule has 4 aromatic rings. The number of hydrogen-bond donors (Lipinski definition) is 2. The first-order valence-electron chi connectivity index (χ1n) is 10.3. The standard InChI is InChI=1S/C24H22N4O4S2/c1-15(29)25-17-6-4-7-18(12-17)26-21(30)14-34-24-27-20-9-10-33-22(20)23(31)28(24)13-16-5-3-8-19(11-16)32-2/h3-12H,13-14H2,1-2H3,(H,25,29)(H,26,30). The summed E-state index contributed by atoms with van der Waals surface area (Å²) < 4.78 is 7.46. The van der Waals surface area contributed by atoms with E-state index < -0.39 is 0 Å². The van der Waals surface area contributed by atoms with Crippen molar-refractivity contribution in [2.75, 3.05) is 23.5 Å². The van der Waals surface area contributed by atoms with Crippen LogP contribution in [0.5, 0.6) is 5.75 Å². The Balaban J connectivity index is 1.54. The van der Waals surface area contributed by atoms with E-state index in [1.807, 2.05) is 29.6 Å². The van der Waals surface area contributed by atoms with E-state index in [1.54, 1.807) is 42.0 Å². The van der Waals surface area contributed by atoms with Gasteiger partial charge in [-0.1, -0.05) is 30.0 Å². The van der Waals surface area contributed by atoms with E-state index in [0.717, 1.165) is 5.56 Å². The van der Waals surface area contributed by atoms with Gasteiger partial charge in [0.15, 0.2) is 5.16 Å². The normalized spacial score (nSPS) is 10.8. The lowest BCUT2D eigenvalue weighted by atomic mass is 10.2. The lowest BCUT2D eigenvalue weighted by Crippen LogP contribution is -2.24. The molecule has 0 aliphatic heterocycles. The fraction of sp³-hybridized carbons (Fsp3) is 0.167. The number of fused-ring (bicyclic) bond motifs is 1. The number of amides is 2. The van der Waals surface area contributed by atoms with Gasteiger partial charge in [-0.2, -0.15) is 0 Å². The summed E-state index contributed by atoms with van der Waals surface area (Å²) >= 11 is 2.54. The van der Waals surface area contributed by atoms with Gasteiger partial charge in [-0.15, -0.1) is 11.3 Å². The second-order valence-electron chi connectivity index (χ2n) is 7.37. The Morgan fingerprint density at radius 3 is 2.62 bits per heavy atom. The topological polar surface area (TPSA) is 102 Å².